The highest BCUT2D eigenvalue weighted by atomic mass is 79.9. The van der Waals surface area contributed by atoms with Crippen molar-refractivity contribution in [3.63, 3.8) is 0 Å². The lowest BCUT2D eigenvalue weighted by atomic mass is 10.5. The average molecular weight is 273 g/mol. The van der Waals surface area contributed by atoms with Crippen LogP contribution < -0.4 is 5.32 Å². The third kappa shape index (κ3) is 2.05. The fourth-order valence-electron chi connectivity index (χ4n) is 1.11. The summed E-state index contributed by atoms with van der Waals surface area (Å²) in [5, 5.41) is 4.00. The van der Waals surface area contributed by atoms with Gasteiger partial charge in [0.1, 0.15) is 0 Å². The van der Waals surface area contributed by atoms with Crippen molar-refractivity contribution in [2.24, 2.45) is 0 Å². The predicted octanol–water partition coefficient (Wildman–Crippen LogP) is 2.89. The number of nitrogens with one attached hydrogen (secondary N) is 1. The van der Waals surface area contributed by atoms with Crippen molar-refractivity contribution in [2.75, 3.05) is 7.05 Å². The van der Waals surface area contributed by atoms with Crippen LogP contribution in [-0.2, 0) is 6.54 Å². The molecule has 0 fully saturated rings. The van der Waals surface area contributed by atoms with E-state index in [9.17, 15) is 0 Å². The van der Waals surface area contributed by atoms with E-state index in [2.05, 4.69) is 26.2 Å². The number of halogens is 1. The van der Waals surface area contributed by atoms with Crippen molar-refractivity contribution in [2.45, 2.75) is 6.54 Å². The third-order valence-corrected chi connectivity index (χ3v) is 3.13. The average Bonchev–Trinajstić information content (AvgIpc) is 2.74. The van der Waals surface area contributed by atoms with Gasteiger partial charge in [-0.05, 0) is 35.1 Å². The quantitative estimate of drug-likeness (QED) is 0.934. The van der Waals surface area contributed by atoms with Gasteiger partial charge in [-0.1, -0.05) is 0 Å². The lowest BCUT2D eigenvalue weighted by Crippen LogP contribution is -2.02. The first-order valence-electron chi connectivity index (χ1n) is 4.14. The molecule has 2 rings (SSSR count). The summed E-state index contributed by atoms with van der Waals surface area (Å²) in [7, 11) is 1.92. The first-order chi connectivity index (χ1) is 6.79. The minimum atomic E-state index is 0.734. The van der Waals surface area contributed by atoms with Crippen molar-refractivity contribution in [3.8, 4) is 10.8 Å². The Balaban J connectivity index is 2.24. The second kappa shape index (κ2) is 4.25. The molecule has 0 spiro atoms. The zero-order valence-corrected chi connectivity index (χ0v) is 9.98. The van der Waals surface area contributed by atoms with Gasteiger partial charge in [0.05, 0.1) is 0 Å². The second-order valence-corrected chi connectivity index (χ2v) is 4.66. The van der Waals surface area contributed by atoms with Crippen LogP contribution >= 0.6 is 27.3 Å². The zero-order chi connectivity index (χ0) is 9.97. The normalized spacial score (nSPS) is 10.7. The lowest BCUT2D eigenvalue weighted by Gasteiger charge is -1.90. The fraction of sp³-hybridized carbons (Fsp3) is 0.222. The topological polar surface area (TPSA) is 38.1 Å². The van der Waals surface area contributed by atoms with Gasteiger partial charge in [0.2, 0.25) is 0 Å². The summed E-state index contributed by atoms with van der Waals surface area (Å²) in [5.74, 6) is 0.809. The van der Waals surface area contributed by atoms with E-state index in [1.54, 1.807) is 11.3 Å². The predicted molar refractivity (Wildman–Crippen MR) is 60.3 cm³/mol. The monoisotopic (exact) mass is 272 g/mol. The Hall–Kier alpha value is -0.650. The smallest absolute Gasteiger partial charge is 0.170 e. The number of aromatic nitrogens is 1. The van der Waals surface area contributed by atoms with Gasteiger partial charge in [0.25, 0.3) is 0 Å². The Kier molecular flexibility index (Phi) is 3.00. The third-order valence-electron chi connectivity index (χ3n) is 1.69. The molecule has 0 aliphatic carbocycles. The number of rotatable bonds is 3. The highest BCUT2D eigenvalue weighted by Crippen LogP contribution is 2.28. The number of nitrogens with zero attached hydrogens (tertiary/aromatic N) is 1. The molecule has 0 saturated carbocycles. The molecule has 1 N–H and O–H groups in total. The molecule has 14 heavy (non-hydrogen) atoms. The van der Waals surface area contributed by atoms with Crippen LogP contribution in [-0.4, -0.2) is 12.0 Å². The van der Waals surface area contributed by atoms with Crippen molar-refractivity contribution < 1.29 is 4.42 Å². The van der Waals surface area contributed by atoms with Gasteiger partial charge in [0.15, 0.2) is 15.4 Å². The van der Waals surface area contributed by atoms with Crippen LogP contribution in [0.3, 0.4) is 0 Å². The first-order valence-corrected chi connectivity index (χ1v) is 5.75. The Morgan fingerprint density at radius 1 is 1.57 bits per heavy atom. The molecule has 5 heteroatoms. The summed E-state index contributed by atoms with van der Waals surface area (Å²) in [4.78, 5) is 5.49. The van der Waals surface area contributed by atoms with Crippen molar-refractivity contribution in [3.05, 3.63) is 27.9 Å². The molecule has 0 unspecified atom stereocenters. The fourth-order valence-corrected chi connectivity index (χ4v) is 2.30. The van der Waals surface area contributed by atoms with Gasteiger partial charge in [-0.25, -0.2) is 4.98 Å². The van der Waals surface area contributed by atoms with Crippen molar-refractivity contribution >= 4 is 27.3 Å². The molecule has 3 nitrogen and oxygen atoms in total. The van der Waals surface area contributed by atoms with Gasteiger partial charge in [0, 0.05) is 17.6 Å². The van der Waals surface area contributed by atoms with Gasteiger partial charge in [-0.3, -0.25) is 0 Å². The minimum Gasteiger partial charge on any atom is -0.447 e. The summed E-state index contributed by atoms with van der Waals surface area (Å²) in [6, 6.07) is 3.78. The largest absolute Gasteiger partial charge is 0.447 e. The Labute approximate surface area is 94.3 Å². The van der Waals surface area contributed by atoms with Gasteiger partial charge < -0.3 is 9.73 Å². The number of thiazole rings is 1. The van der Waals surface area contributed by atoms with Crippen LogP contribution in [0.25, 0.3) is 10.8 Å². The standard InChI is InChI=1S/C9H9BrN2OS/c1-11-4-6-5-12-9(14-6)7-2-3-8(10)13-7/h2-3,5,11H,4H2,1H3. The summed E-state index contributed by atoms with van der Waals surface area (Å²) in [6.07, 6.45) is 1.87. The van der Waals surface area contributed by atoms with E-state index in [0.717, 1.165) is 22.0 Å². The Morgan fingerprint density at radius 3 is 3.07 bits per heavy atom. The molecule has 0 radical (unpaired) electrons. The summed E-state index contributed by atoms with van der Waals surface area (Å²) >= 11 is 4.90. The molecule has 0 atom stereocenters. The van der Waals surface area contributed by atoms with Crippen molar-refractivity contribution in [1.29, 1.82) is 0 Å². The van der Waals surface area contributed by atoms with Gasteiger partial charge in [-0.2, -0.15) is 0 Å². The molecule has 2 heterocycles. The van der Waals surface area contributed by atoms with E-state index in [0.29, 0.717) is 0 Å². The maximum Gasteiger partial charge on any atom is 0.170 e. The van der Waals surface area contributed by atoms with Gasteiger partial charge in [-0.15, -0.1) is 11.3 Å². The summed E-state index contributed by atoms with van der Waals surface area (Å²) < 4.78 is 6.14. The SMILES string of the molecule is CNCc1cnc(-c2ccc(Br)o2)s1. The molecule has 0 bridgehead atoms. The molecular formula is C9H9BrN2OS. The van der Waals surface area contributed by atoms with E-state index in [1.165, 1.54) is 4.88 Å². The van der Waals surface area contributed by atoms with Crippen molar-refractivity contribution in [1.82, 2.24) is 10.3 Å². The molecule has 0 aliphatic heterocycles. The molecule has 2 aromatic heterocycles. The molecular weight excluding hydrogens is 264 g/mol. The van der Waals surface area contributed by atoms with E-state index in [-0.39, 0.29) is 0 Å². The molecule has 2 aromatic rings. The first kappa shape index (κ1) is 9.89. The molecule has 74 valence electrons. The number of furan rings is 1. The lowest BCUT2D eigenvalue weighted by molar-refractivity contribution is 0.555. The minimum absolute atomic E-state index is 0.734. The molecule has 0 saturated heterocycles. The zero-order valence-electron chi connectivity index (χ0n) is 7.58. The molecule has 0 aromatic carbocycles. The maximum absolute atomic E-state index is 5.41. The van der Waals surface area contributed by atoms with Crippen LogP contribution in [0.4, 0.5) is 0 Å². The van der Waals surface area contributed by atoms with E-state index < -0.39 is 0 Å². The van der Waals surface area contributed by atoms with Gasteiger partial charge >= 0.3 is 0 Å². The molecule has 0 amide bonds. The summed E-state index contributed by atoms with van der Waals surface area (Å²) in [5.41, 5.74) is 0. The highest BCUT2D eigenvalue weighted by molar-refractivity contribution is 9.10. The van der Waals surface area contributed by atoms with E-state index in [4.69, 9.17) is 4.42 Å². The van der Waals surface area contributed by atoms with Crippen LogP contribution in [0.15, 0.2) is 27.4 Å². The van der Waals surface area contributed by atoms with Crippen LogP contribution in [0.2, 0.25) is 0 Å². The van der Waals surface area contributed by atoms with Crippen LogP contribution in [0.1, 0.15) is 4.88 Å². The highest BCUT2D eigenvalue weighted by Gasteiger charge is 2.07. The van der Waals surface area contributed by atoms with Crippen LogP contribution in [0.5, 0.6) is 0 Å². The number of hydrogen-bond acceptors (Lipinski definition) is 4. The van der Waals surface area contributed by atoms with Crippen LogP contribution in [0, 0.1) is 0 Å². The molecule has 0 aliphatic rings. The number of hydrogen-bond donors (Lipinski definition) is 1. The Morgan fingerprint density at radius 2 is 2.43 bits per heavy atom. The second-order valence-electron chi connectivity index (χ2n) is 2.77. The van der Waals surface area contributed by atoms with E-state index >= 15 is 0 Å². The Bertz CT molecular complexity index is 424. The maximum atomic E-state index is 5.41. The van der Waals surface area contributed by atoms with E-state index in [1.807, 2.05) is 25.4 Å². The summed E-state index contributed by atoms with van der Waals surface area (Å²) in [6.45, 7) is 0.847.